The molecule has 0 unspecified atom stereocenters. The van der Waals surface area contributed by atoms with Crippen molar-refractivity contribution in [1.29, 1.82) is 0 Å². The monoisotopic (exact) mass is 312 g/mol. The van der Waals surface area contributed by atoms with Crippen LogP contribution in [0.5, 0.6) is 0 Å². The van der Waals surface area contributed by atoms with Gasteiger partial charge in [0.2, 0.25) is 10.0 Å². The van der Waals surface area contributed by atoms with E-state index in [0.717, 1.165) is 6.07 Å². The van der Waals surface area contributed by atoms with Gasteiger partial charge < -0.3 is 10.3 Å². The van der Waals surface area contributed by atoms with Gasteiger partial charge in [-0.05, 0) is 31.0 Å². The molecule has 0 spiro atoms. The first-order valence-electron chi connectivity index (χ1n) is 6.25. The first-order valence-corrected chi connectivity index (χ1v) is 7.73. The summed E-state index contributed by atoms with van der Waals surface area (Å²) in [5.41, 5.74) is 5.94. The van der Waals surface area contributed by atoms with Gasteiger partial charge in [0.1, 0.15) is 11.6 Å². The number of benzene rings is 1. The minimum Gasteiger partial charge on any atom is -0.396 e. The van der Waals surface area contributed by atoms with E-state index in [0.29, 0.717) is 11.4 Å². The molecule has 1 heterocycles. The van der Waals surface area contributed by atoms with Gasteiger partial charge in [-0.25, -0.2) is 22.5 Å². The summed E-state index contributed by atoms with van der Waals surface area (Å²) in [5, 5.41) is 0. The molecule has 0 bridgehead atoms. The maximum absolute atomic E-state index is 13.5. The Morgan fingerprint density at radius 3 is 2.67 bits per heavy atom. The topological polar surface area (TPSA) is 90.0 Å². The lowest BCUT2D eigenvalue weighted by Crippen LogP contribution is -2.26. The molecule has 0 aliphatic heterocycles. The van der Waals surface area contributed by atoms with Crippen molar-refractivity contribution in [1.82, 2.24) is 14.3 Å². The highest BCUT2D eigenvalue weighted by Gasteiger charge is 2.23. The highest BCUT2D eigenvalue weighted by atomic mass is 32.2. The molecule has 1 aromatic carbocycles. The van der Waals surface area contributed by atoms with Gasteiger partial charge in [0.05, 0.1) is 17.1 Å². The van der Waals surface area contributed by atoms with Crippen LogP contribution in [0, 0.1) is 19.7 Å². The zero-order chi connectivity index (χ0) is 15.8. The molecule has 0 aliphatic rings. The zero-order valence-electron chi connectivity index (χ0n) is 12.0. The Morgan fingerprint density at radius 2 is 2.10 bits per heavy atom. The molecule has 21 heavy (non-hydrogen) atoms. The molecule has 1 aromatic heterocycles. The second-order valence-corrected chi connectivity index (χ2v) is 6.53. The number of imidazole rings is 1. The first-order chi connectivity index (χ1) is 9.74. The molecule has 0 saturated heterocycles. The van der Waals surface area contributed by atoms with Crippen molar-refractivity contribution in [3.05, 3.63) is 41.2 Å². The van der Waals surface area contributed by atoms with Crippen LogP contribution in [0.25, 0.3) is 0 Å². The summed E-state index contributed by atoms with van der Waals surface area (Å²) in [7, 11) is -2.04. The molecule has 3 N–H and O–H groups in total. The lowest BCUT2D eigenvalue weighted by Gasteiger charge is -2.14. The van der Waals surface area contributed by atoms with Crippen molar-refractivity contribution in [2.45, 2.75) is 25.3 Å². The van der Waals surface area contributed by atoms with E-state index in [1.807, 2.05) is 0 Å². The Morgan fingerprint density at radius 1 is 1.43 bits per heavy atom. The standard InChI is InChI=1S/C13H17FN4O2S/c1-8-6-10(14)12(15)9(2)13(8)21(19,20)17-7-11-16-4-5-18(11)3/h4-6,17H,7,15H2,1-3H3. The quantitative estimate of drug-likeness (QED) is 0.831. The van der Waals surface area contributed by atoms with Crippen LogP contribution in [-0.2, 0) is 23.6 Å². The average molecular weight is 312 g/mol. The third-order valence-corrected chi connectivity index (χ3v) is 5.00. The van der Waals surface area contributed by atoms with Crippen molar-refractivity contribution in [3.8, 4) is 0 Å². The number of aromatic nitrogens is 2. The lowest BCUT2D eigenvalue weighted by atomic mass is 10.1. The Hall–Kier alpha value is -1.93. The van der Waals surface area contributed by atoms with Crippen LogP contribution in [-0.4, -0.2) is 18.0 Å². The summed E-state index contributed by atoms with van der Waals surface area (Å²) in [5.74, 6) is -0.0444. The normalized spacial score (nSPS) is 11.8. The Labute approximate surface area is 122 Å². The van der Waals surface area contributed by atoms with Crippen molar-refractivity contribution in [2.75, 3.05) is 5.73 Å². The van der Waals surface area contributed by atoms with Crippen molar-refractivity contribution in [2.24, 2.45) is 7.05 Å². The Kier molecular flexibility index (Phi) is 4.02. The molecule has 2 aromatic rings. The van der Waals surface area contributed by atoms with E-state index in [2.05, 4.69) is 9.71 Å². The predicted molar refractivity (Wildman–Crippen MR) is 77.5 cm³/mol. The molecule has 0 amide bonds. The van der Waals surface area contributed by atoms with Crippen LogP contribution in [0.1, 0.15) is 17.0 Å². The number of hydrogen-bond acceptors (Lipinski definition) is 4. The minimum absolute atomic E-state index is 0.00982. The molecule has 6 nitrogen and oxygen atoms in total. The smallest absolute Gasteiger partial charge is 0.241 e. The second kappa shape index (κ2) is 5.45. The predicted octanol–water partition coefficient (Wildman–Crippen LogP) is 1.24. The number of hydrogen-bond donors (Lipinski definition) is 2. The van der Waals surface area contributed by atoms with Crippen LogP contribution >= 0.6 is 0 Å². The number of aryl methyl sites for hydroxylation is 2. The summed E-state index contributed by atoms with van der Waals surface area (Å²) in [6.07, 6.45) is 3.30. The summed E-state index contributed by atoms with van der Waals surface area (Å²) < 4.78 is 42.5. The summed E-state index contributed by atoms with van der Waals surface area (Å²) >= 11 is 0. The fourth-order valence-electron chi connectivity index (χ4n) is 2.14. The van der Waals surface area contributed by atoms with E-state index in [-0.39, 0.29) is 22.7 Å². The molecule has 8 heteroatoms. The number of nitrogen functional groups attached to an aromatic ring is 1. The fourth-order valence-corrected chi connectivity index (χ4v) is 3.60. The van der Waals surface area contributed by atoms with Crippen LogP contribution in [0.3, 0.4) is 0 Å². The van der Waals surface area contributed by atoms with Crippen molar-refractivity contribution < 1.29 is 12.8 Å². The molecular weight excluding hydrogens is 295 g/mol. The number of sulfonamides is 1. The lowest BCUT2D eigenvalue weighted by molar-refractivity contribution is 0.575. The summed E-state index contributed by atoms with van der Waals surface area (Å²) in [6.45, 7) is 3.06. The average Bonchev–Trinajstić information content (AvgIpc) is 2.79. The fraction of sp³-hybridized carbons (Fsp3) is 0.308. The van der Waals surface area contributed by atoms with E-state index in [4.69, 9.17) is 5.73 Å². The van der Waals surface area contributed by atoms with Gasteiger partial charge in [-0.1, -0.05) is 0 Å². The van der Waals surface area contributed by atoms with Gasteiger partial charge in [-0.3, -0.25) is 0 Å². The first kappa shape index (κ1) is 15.5. The van der Waals surface area contributed by atoms with Gasteiger partial charge in [0.25, 0.3) is 0 Å². The number of nitrogens with one attached hydrogen (secondary N) is 1. The minimum atomic E-state index is -3.80. The number of halogens is 1. The number of nitrogens with zero attached hydrogens (tertiary/aromatic N) is 2. The van der Waals surface area contributed by atoms with E-state index in [1.54, 1.807) is 24.0 Å². The second-order valence-electron chi connectivity index (χ2n) is 4.82. The molecule has 0 aliphatic carbocycles. The van der Waals surface area contributed by atoms with Crippen LogP contribution in [0.2, 0.25) is 0 Å². The summed E-state index contributed by atoms with van der Waals surface area (Å²) in [4.78, 5) is 4.05. The zero-order valence-corrected chi connectivity index (χ0v) is 12.8. The molecular formula is C13H17FN4O2S. The molecule has 0 atom stereocenters. The Bertz CT molecular complexity index is 784. The molecule has 0 fully saturated rings. The third-order valence-electron chi connectivity index (χ3n) is 3.31. The number of rotatable bonds is 4. The van der Waals surface area contributed by atoms with Crippen molar-refractivity contribution in [3.63, 3.8) is 0 Å². The maximum atomic E-state index is 13.5. The largest absolute Gasteiger partial charge is 0.396 e. The van der Waals surface area contributed by atoms with Crippen LogP contribution in [0.4, 0.5) is 10.1 Å². The number of anilines is 1. The van der Waals surface area contributed by atoms with Gasteiger partial charge in [-0.2, -0.15) is 0 Å². The molecule has 0 radical (unpaired) electrons. The third kappa shape index (κ3) is 2.91. The van der Waals surface area contributed by atoms with E-state index in [1.165, 1.54) is 13.8 Å². The van der Waals surface area contributed by atoms with Crippen LogP contribution < -0.4 is 10.5 Å². The summed E-state index contributed by atoms with van der Waals surface area (Å²) in [6, 6.07) is 1.12. The van der Waals surface area contributed by atoms with Gasteiger partial charge >= 0.3 is 0 Å². The SMILES string of the molecule is Cc1cc(F)c(N)c(C)c1S(=O)(=O)NCc1nccn1C. The van der Waals surface area contributed by atoms with E-state index >= 15 is 0 Å². The maximum Gasteiger partial charge on any atom is 0.241 e. The van der Waals surface area contributed by atoms with Gasteiger partial charge in [-0.15, -0.1) is 0 Å². The highest BCUT2D eigenvalue weighted by Crippen LogP contribution is 2.27. The van der Waals surface area contributed by atoms with E-state index < -0.39 is 15.8 Å². The van der Waals surface area contributed by atoms with Crippen LogP contribution in [0.15, 0.2) is 23.4 Å². The number of nitrogens with two attached hydrogens (primary N) is 1. The molecule has 2 rings (SSSR count). The van der Waals surface area contributed by atoms with Gasteiger partial charge in [0.15, 0.2) is 0 Å². The van der Waals surface area contributed by atoms with E-state index in [9.17, 15) is 12.8 Å². The van der Waals surface area contributed by atoms with Crippen molar-refractivity contribution >= 4 is 15.7 Å². The Balaban J connectivity index is 2.37. The molecule has 0 saturated carbocycles. The highest BCUT2D eigenvalue weighted by molar-refractivity contribution is 7.89. The van der Waals surface area contributed by atoms with Gasteiger partial charge in [0, 0.05) is 19.4 Å². The molecule has 114 valence electrons.